The first-order valence-corrected chi connectivity index (χ1v) is 5.97. The Balaban J connectivity index is 2.45. The highest BCUT2D eigenvalue weighted by Gasteiger charge is 2.21. The highest BCUT2D eigenvalue weighted by Crippen LogP contribution is 2.18. The number of aliphatic hydroxyl groups is 2. The van der Waals surface area contributed by atoms with E-state index in [1.54, 1.807) is 24.0 Å². The van der Waals surface area contributed by atoms with Crippen LogP contribution in [0.1, 0.15) is 25.3 Å². The molecule has 0 amide bonds. The van der Waals surface area contributed by atoms with Crippen LogP contribution in [-0.2, 0) is 11.8 Å². The lowest BCUT2D eigenvalue weighted by Gasteiger charge is -2.16. The highest BCUT2D eigenvalue weighted by atomic mass is 32.2. The van der Waals surface area contributed by atoms with E-state index in [0.717, 1.165) is 11.8 Å². The molecule has 0 saturated heterocycles. The van der Waals surface area contributed by atoms with Gasteiger partial charge in [0.1, 0.15) is 11.9 Å². The number of imidazole rings is 1. The highest BCUT2D eigenvalue weighted by molar-refractivity contribution is 8.13. The fraction of sp³-hybridized carbons (Fsp3) is 0.600. The first-order valence-electron chi connectivity index (χ1n) is 4.99. The van der Waals surface area contributed by atoms with Gasteiger partial charge in [-0.05, 0) is 6.42 Å². The van der Waals surface area contributed by atoms with E-state index in [1.165, 1.54) is 6.92 Å². The summed E-state index contributed by atoms with van der Waals surface area (Å²) in [6, 6.07) is 0. The molecule has 0 spiro atoms. The van der Waals surface area contributed by atoms with E-state index in [1.807, 2.05) is 0 Å². The number of aromatic nitrogens is 2. The van der Waals surface area contributed by atoms with Crippen molar-refractivity contribution < 1.29 is 15.0 Å². The molecule has 1 rings (SSSR count). The summed E-state index contributed by atoms with van der Waals surface area (Å²) >= 11 is 1.14. The zero-order valence-corrected chi connectivity index (χ0v) is 10.1. The summed E-state index contributed by atoms with van der Waals surface area (Å²) in [6.45, 7) is 1.48. The Bertz CT molecular complexity index is 354. The molecule has 1 aromatic rings. The average molecular weight is 244 g/mol. The molecule has 2 N–H and O–H groups in total. The van der Waals surface area contributed by atoms with Crippen LogP contribution < -0.4 is 0 Å². The van der Waals surface area contributed by atoms with Gasteiger partial charge in [0.05, 0.1) is 6.10 Å². The molecule has 2 unspecified atom stereocenters. The summed E-state index contributed by atoms with van der Waals surface area (Å²) in [5, 5.41) is 19.5. The Hall–Kier alpha value is -0.850. The normalized spacial score (nSPS) is 14.8. The fourth-order valence-corrected chi connectivity index (χ4v) is 1.96. The molecular weight excluding hydrogens is 228 g/mol. The first kappa shape index (κ1) is 13.2. The van der Waals surface area contributed by atoms with Crippen molar-refractivity contribution in [2.75, 3.05) is 5.75 Å². The number of aliphatic hydroxyl groups excluding tert-OH is 2. The zero-order chi connectivity index (χ0) is 12.1. The molecule has 1 aromatic heterocycles. The van der Waals surface area contributed by atoms with E-state index in [9.17, 15) is 15.0 Å². The van der Waals surface area contributed by atoms with Gasteiger partial charge in [0.2, 0.25) is 0 Å². The molecule has 0 aliphatic heterocycles. The Morgan fingerprint density at radius 2 is 2.31 bits per heavy atom. The molecule has 0 aromatic carbocycles. The van der Waals surface area contributed by atoms with Crippen molar-refractivity contribution in [2.24, 2.45) is 7.05 Å². The lowest BCUT2D eigenvalue weighted by Crippen LogP contribution is -2.22. The van der Waals surface area contributed by atoms with Gasteiger partial charge >= 0.3 is 0 Å². The van der Waals surface area contributed by atoms with Crippen LogP contribution in [-0.4, -0.2) is 36.7 Å². The summed E-state index contributed by atoms with van der Waals surface area (Å²) in [4.78, 5) is 14.6. The van der Waals surface area contributed by atoms with Crippen LogP contribution >= 0.6 is 11.8 Å². The molecule has 0 radical (unpaired) electrons. The number of carbonyl (C=O) groups is 1. The van der Waals surface area contributed by atoms with Crippen molar-refractivity contribution in [3.8, 4) is 0 Å². The number of aryl methyl sites for hydroxylation is 1. The molecular formula is C10H16N2O3S. The quantitative estimate of drug-likeness (QED) is 0.788. The van der Waals surface area contributed by atoms with E-state index in [0.29, 0.717) is 18.0 Å². The van der Waals surface area contributed by atoms with Crippen molar-refractivity contribution in [3.63, 3.8) is 0 Å². The molecule has 2 atom stereocenters. The summed E-state index contributed by atoms with van der Waals surface area (Å²) in [5.74, 6) is 0.929. The van der Waals surface area contributed by atoms with E-state index in [-0.39, 0.29) is 5.12 Å². The molecule has 0 saturated carbocycles. The first-order chi connectivity index (χ1) is 7.52. The largest absolute Gasteiger partial charge is 0.390 e. The molecule has 0 aliphatic rings. The van der Waals surface area contributed by atoms with Crippen molar-refractivity contribution in [1.29, 1.82) is 0 Å². The third-order valence-electron chi connectivity index (χ3n) is 2.21. The van der Waals surface area contributed by atoms with Crippen LogP contribution in [0.3, 0.4) is 0 Å². The molecule has 1 heterocycles. The Labute approximate surface area is 98.5 Å². The Morgan fingerprint density at radius 3 is 2.81 bits per heavy atom. The minimum absolute atomic E-state index is 0.0127. The van der Waals surface area contributed by atoms with Gasteiger partial charge in [0.15, 0.2) is 5.12 Å². The van der Waals surface area contributed by atoms with Gasteiger partial charge in [0.25, 0.3) is 0 Å². The van der Waals surface area contributed by atoms with Gasteiger partial charge in [-0.15, -0.1) is 0 Å². The van der Waals surface area contributed by atoms with E-state index < -0.39 is 12.2 Å². The minimum atomic E-state index is -1.01. The predicted octanol–water partition coefficient (Wildman–Crippen LogP) is 0.484. The maximum absolute atomic E-state index is 10.7. The second-order valence-corrected chi connectivity index (χ2v) is 4.81. The van der Waals surface area contributed by atoms with Crippen molar-refractivity contribution in [2.45, 2.75) is 25.6 Å². The summed E-state index contributed by atoms with van der Waals surface area (Å²) in [6.07, 6.45) is 1.73. The molecule has 0 bridgehead atoms. The van der Waals surface area contributed by atoms with Crippen LogP contribution in [0.5, 0.6) is 0 Å². The molecule has 90 valence electrons. The number of thioether (sulfide) groups is 1. The molecule has 6 heteroatoms. The minimum Gasteiger partial charge on any atom is -0.390 e. The average Bonchev–Trinajstić information content (AvgIpc) is 2.62. The summed E-state index contributed by atoms with van der Waals surface area (Å²) in [7, 11) is 1.75. The van der Waals surface area contributed by atoms with E-state index in [4.69, 9.17) is 0 Å². The second kappa shape index (κ2) is 6.03. The van der Waals surface area contributed by atoms with Crippen LogP contribution in [0.25, 0.3) is 0 Å². The molecule has 0 aliphatic carbocycles. The number of hydrogen-bond acceptors (Lipinski definition) is 5. The van der Waals surface area contributed by atoms with Crippen LogP contribution in [0.2, 0.25) is 0 Å². The molecule has 5 nitrogen and oxygen atoms in total. The maximum atomic E-state index is 10.7. The number of nitrogens with zero attached hydrogens (tertiary/aromatic N) is 2. The van der Waals surface area contributed by atoms with Crippen molar-refractivity contribution >= 4 is 16.9 Å². The van der Waals surface area contributed by atoms with Crippen LogP contribution in [0.4, 0.5) is 0 Å². The van der Waals surface area contributed by atoms with Crippen LogP contribution in [0, 0.1) is 0 Å². The monoisotopic (exact) mass is 244 g/mol. The van der Waals surface area contributed by atoms with Gasteiger partial charge in [0, 0.05) is 32.1 Å². The number of carbonyl (C=O) groups excluding carboxylic acids is 1. The van der Waals surface area contributed by atoms with Gasteiger partial charge in [-0.1, -0.05) is 11.8 Å². The fourth-order valence-electron chi connectivity index (χ4n) is 1.32. The summed E-state index contributed by atoms with van der Waals surface area (Å²) < 4.78 is 1.66. The number of hydrogen-bond donors (Lipinski definition) is 2. The van der Waals surface area contributed by atoms with Crippen molar-refractivity contribution in [3.05, 3.63) is 18.2 Å². The number of rotatable bonds is 5. The van der Waals surface area contributed by atoms with Gasteiger partial charge in [-0.2, -0.15) is 0 Å². The smallest absolute Gasteiger partial charge is 0.185 e. The maximum Gasteiger partial charge on any atom is 0.185 e. The van der Waals surface area contributed by atoms with E-state index >= 15 is 0 Å². The standard InChI is InChI=1S/C10H16N2O3S/c1-7(13)16-6-3-8(14)9(15)10-11-4-5-12(10)2/h4-5,8-9,14-15H,3,6H2,1-2H3. The molecule has 16 heavy (non-hydrogen) atoms. The van der Waals surface area contributed by atoms with Gasteiger partial charge < -0.3 is 14.8 Å². The SMILES string of the molecule is CC(=O)SCCC(O)C(O)c1nccn1C. The van der Waals surface area contributed by atoms with Gasteiger partial charge in [-0.3, -0.25) is 4.79 Å². The predicted molar refractivity (Wildman–Crippen MR) is 61.9 cm³/mol. The van der Waals surface area contributed by atoms with E-state index in [2.05, 4.69) is 4.98 Å². The third kappa shape index (κ3) is 3.62. The zero-order valence-electron chi connectivity index (χ0n) is 9.33. The summed E-state index contributed by atoms with van der Waals surface area (Å²) in [5.41, 5.74) is 0. The Morgan fingerprint density at radius 1 is 1.62 bits per heavy atom. The second-order valence-electron chi connectivity index (χ2n) is 3.54. The van der Waals surface area contributed by atoms with Crippen LogP contribution in [0.15, 0.2) is 12.4 Å². The lowest BCUT2D eigenvalue weighted by atomic mass is 10.1. The van der Waals surface area contributed by atoms with Gasteiger partial charge in [-0.25, -0.2) is 4.98 Å². The third-order valence-corrected chi connectivity index (χ3v) is 3.05. The molecule has 0 fully saturated rings. The lowest BCUT2D eigenvalue weighted by molar-refractivity contribution is -0.109. The van der Waals surface area contributed by atoms with Crippen molar-refractivity contribution in [1.82, 2.24) is 9.55 Å². The Kier molecular flexibility index (Phi) is 4.98. The topological polar surface area (TPSA) is 75.3 Å².